The van der Waals surface area contributed by atoms with E-state index in [1.807, 2.05) is 30.3 Å². The van der Waals surface area contributed by atoms with E-state index >= 15 is 0 Å². The summed E-state index contributed by atoms with van der Waals surface area (Å²) >= 11 is 6.27. The first-order chi connectivity index (χ1) is 13.6. The van der Waals surface area contributed by atoms with Gasteiger partial charge in [-0.1, -0.05) is 29.8 Å². The van der Waals surface area contributed by atoms with Gasteiger partial charge in [-0.15, -0.1) is 12.4 Å². The highest BCUT2D eigenvalue weighted by Gasteiger charge is 2.52. The minimum atomic E-state index is -0.0665. The summed E-state index contributed by atoms with van der Waals surface area (Å²) < 4.78 is 0.104. The minimum absolute atomic E-state index is 0. The number of rotatable bonds is 5. The number of nitrogens with one attached hydrogen (secondary N) is 2. The van der Waals surface area contributed by atoms with Crippen LogP contribution in [-0.4, -0.2) is 28.6 Å². The van der Waals surface area contributed by atoms with Crippen LogP contribution in [0.1, 0.15) is 17.0 Å². The van der Waals surface area contributed by atoms with Crippen molar-refractivity contribution in [2.45, 2.75) is 19.0 Å². The van der Waals surface area contributed by atoms with E-state index in [4.69, 9.17) is 16.9 Å². The molecule has 0 aliphatic carbocycles. The number of quaternary nitrogens is 1. The molecule has 4 rings (SSSR count). The molecule has 1 fully saturated rings. The fourth-order valence-corrected chi connectivity index (χ4v) is 4.03. The van der Waals surface area contributed by atoms with E-state index < -0.39 is 0 Å². The lowest BCUT2D eigenvalue weighted by atomic mass is 10.0. The molecule has 1 saturated heterocycles. The number of urea groups is 1. The summed E-state index contributed by atoms with van der Waals surface area (Å²) in [7, 11) is 0. The maximum absolute atomic E-state index is 13.2. The molecule has 2 atom stereocenters. The van der Waals surface area contributed by atoms with Gasteiger partial charge >= 0.3 is 6.03 Å². The topological polar surface area (TPSA) is 81.6 Å². The van der Waals surface area contributed by atoms with Crippen LogP contribution in [0.5, 0.6) is 0 Å². The molecule has 29 heavy (non-hydrogen) atoms. The highest BCUT2D eigenvalue weighted by Crippen LogP contribution is 2.35. The lowest BCUT2D eigenvalue weighted by molar-refractivity contribution is 0.200. The number of carbonyl (C=O) groups excluding carboxylic acids is 1. The van der Waals surface area contributed by atoms with Gasteiger partial charge in [0.15, 0.2) is 0 Å². The molecule has 0 saturated carbocycles. The standard InChI is InChI=1S/C21H18ClN5O.ClH/c22-17-2-1-3-18(10-17)27(14-16-6-4-15(12-23)5-7-16)19(13-26-21(27)28)11-20-24-8-9-25-20;/h1-10,19H,11,13-14H2,(H-,24,25,26,28);1H/p+1. The number of halogens is 2. The summed E-state index contributed by atoms with van der Waals surface area (Å²) in [5.74, 6) is 0.839. The molecule has 0 bridgehead atoms. The van der Waals surface area contributed by atoms with Gasteiger partial charge in [0.2, 0.25) is 0 Å². The summed E-state index contributed by atoms with van der Waals surface area (Å²) in [4.78, 5) is 20.7. The monoisotopic (exact) mass is 428 g/mol. The average Bonchev–Trinajstić information content (AvgIpc) is 3.33. The molecular weight excluding hydrogens is 409 g/mol. The Labute approximate surface area is 180 Å². The molecule has 1 aromatic heterocycles. The van der Waals surface area contributed by atoms with Crippen LogP contribution >= 0.6 is 24.0 Å². The number of H-pyrrole nitrogens is 1. The second-order valence-corrected chi connectivity index (χ2v) is 7.33. The minimum Gasteiger partial charge on any atom is -0.348 e. The van der Waals surface area contributed by atoms with E-state index in [2.05, 4.69) is 21.4 Å². The molecule has 148 valence electrons. The van der Waals surface area contributed by atoms with Crippen molar-refractivity contribution in [1.82, 2.24) is 19.8 Å². The van der Waals surface area contributed by atoms with Crippen LogP contribution in [0.25, 0.3) is 0 Å². The number of aromatic amines is 1. The Morgan fingerprint density at radius 2 is 2.03 bits per heavy atom. The molecule has 0 radical (unpaired) electrons. The zero-order valence-corrected chi connectivity index (χ0v) is 17.1. The Morgan fingerprint density at radius 1 is 1.24 bits per heavy atom. The number of nitriles is 1. The van der Waals surface area contributed by atoms with E-state index in [-0.39, 0.29) is 29.0 Å². The fourth-order valence-electron chi connectivity index (χ4n) is 3.85. The molecule has 1 aliphatic rings. The Bertz CT molecular complexity index is 1030. The number of hydrogen-bond acceptors (Lipinski definition) is 3. The molecule has 2 amide bonds. The molecule has 2 unspecified atom stereocenters. The second-order valence-electron chi connectivity index (χ2n) is 6.90. The van der Waals surface area contributed by atoms with Crippen LogP contribution in [0.4, 0.5) is 10.5 Å². The van der Waals surface area contributed by atoms with Gasteiger partial charge in [-0.25, -0.2) is 14.3 Å². The lowest BCUT2D eigenvalue weighted by Crippen LogP contribution is -2.57. The van der Waals surface area contributed by atoms with E-state index in [1.165, 1.54) is 0 Å². The van der Waals surface area contributed by atoms with Crippen LogP contribution in [0.15, 0.2) is 60.9 Å². The summed E-state index contributed by atoms with van der Waals surface area (Å²) in [6.07, 6.45) is 4.12. The molecule has 2 aromatic carbocycles. The predicted octanol–water partition coefficient (Wildman–Crippen LogP) is 4.20. The number of aromatic nitrogens is 2. The normalized spacial score (nSPS) is 20.6. The third kappa shape index (κ3) is 3.99. The zero-order chi connectivity index (χ0) is 19.6. The molecule has 0 spiro atoms. The fraction of sp³-hybridized carbons (Fsp3) is 0.190. The third-order valence-corrected chi connectivity index (χ3v) is 5.48. The zero-order valence-electron chi connectivity index (χ0n) is 15.5. The van der Waals surface area contributed by atoms with Crippen molar-refractivity contribution >= 4 is 35.7 Å². The van der Waals surface area contributed by atoms with Crippen LogP contribution in [0.3, 0.4) is 0 Å². The largest absolute Gasteiger partial charge is 0.422 e. The molecule has 8 heteroatoms. The summed E-state index contributed by atoms with van der Waals surface area (Å²) in [5, 5.41) is 12.7. The van der Waals surface area contributed by atoms with Gasteiger partial charge in [0, 0.05) is 29.0 Å². The van der Waals surface area contributed by atoms with Crippen molar-refractivity contribution in [1.29, 1.82) is 5.26 Å². The number of amides is 2. The average molecular weight is 429 g/mol. The number of carbonyl (C=O) groups is 1. The maximum atomic E-state index is 13.2. The van der Waals surface area contributed by atoms with Gasteiger partial charge in [0.25, 0.3) is 0 Å². The van der Waals surface area contributed by atoms with Crippen molar-refractivity contribution in [3.05, 3.63) is 82.9 Å². The summed E-state index contributed by atoms with van der Waals surface area (Å²) in [5.41, 5.74) is 2.40. The highest BCUT2D eigenvalue weighted by molar-refractivity contribution is 6.30. The van der Waals surface area contributed by atoms with Gasteiger partial charge in [0.05, 0.1) is 24.6 Å². The SMILES string of the molecule is Cl.N#Cc1ccc(C[N+]2(c3cccc(Cl)c3)C(=O)NCC2Cc2ncc[nH]2)cc1. The highest BCUT2D eigenvalue weighted by atomic mass is 35.5. The first-order valence-corrected chi connectivity index (χ1v) is 9.39. The van der Waals surface area contributed by atoms with Crippen molar-refractivity contribution < 1.29 is 4.79 Å². The third-order valence-electron chi connectivity index (χ3n) is 5.24. The Hall–Kier alpha value is -2.85. The van der Waals surface area contributed by atoms with Gasteiger partial charge < -0.3 is 4.98 Å². The first kappa shape index (κ1) is 20.9. The number of nitrogens with zero attached hydrogens (tertiary/aromatic N) is 3. The molecule has 6 nitrogen and oxygen atoms in total. The molecular formula is C21H20Cl2N5O+. The van der Waals surface area contributed by atoms with E-state index in [0.717, 1.165) is 17.1 Å². The molecule has 2 heterocycles. The molecule has 1 aliphatic heterocycles. The van der Waals surface area contributed by atoms with Gasteiger partial charge in [-0.05, 0) is 24.3 Å². The summed E-state index contributed by atoms with van der Waals surface area (Å²) in [6, 6.07) is 16.8. The van der Waals surface area contributed by atoms with E-state index in [9.17, 15) is 4.79 Å². The second kappa shape index (κ2) is 8.66. The van der Waals surface area contributed by atoms with E-state index in [1.54, 1.807) is 30.6 Å². The van der Waals surface area contributed by atoms with Crippen molar-refractivity contribution in [3.8, 4) is 6.07 Å². The Kier molecular flexibility index (Phi) is 6.23. The van der Waals surface area contributed by atoms with Crippen molar-refractivity contribution in [2.24, 2.45) is 0 Å². The Morgan fingerprint density at radius 3 is 2.69 bits per heavy atom. The van der Waals surface area contributed by atoms with Gasteiger partial charge in [-0.2, -0.15) is 5.26 Å². The molecule has 3 aromatic rings. The predicted molar refractivity (Wildman–Crippen MR) is 115 cm³/mol. The van der Waals surface area contributed by atoms with Crippen molar-refractivity contribution in [2.75, 3.05) is 6.54 Å². The van der Waals surface area contributed by atoms with Crippen LogP contribution < -0.4 is 9.80 Å². The number of benzene rings is 2. The molecule has 2 N–H and O–H groups in total. The number of imidazole rings is 1. The van der Waals surface area contributed by atoms with Crippen LogP contribution in [0.2, 0.25) is 5.02 Å². The lowest BCUT2D eigenvalue weighted by Gasteiger charge is -2.35. The maximum Gasteiger partial charge on any atom is 0.422 e. The van der Waals surface area contributed by atoms with E-state index in [0.29, 0.717) is 30.1 Å². The van der Waals surface area contributed by atoms with Crippen LogP contribution in [-0.2, 0) is 13.0 Å². The quantitative estimate of drug-likeness (QED) is 0.597. The smallest absolute Gasteiger partial charge is 0.348 e. The van der Waals surface area contributed by atoms with Gasteiger partial charge in [-0.3, -0.25) is 5.32 Å². The number of hydrogen-bond donors (Lipinski definition) is 2. The summed E-state index contributed by atoms with van der Waals surface area (Å²) in [6.45, 7) is 1.01. The van der Waals surface area contributed by atoms with Crippen LogP contribution in [0, 0.1) is 11.3 Å². The van der Waals surface area contributed by atoms with Crippen molar-refractivity contribution in [3.63, 3.8) is 0 Å². The first-order valence-electron chi connectivity index (χ1n) is 9.01. The Balaban J connectivity index is 0.00000240. The van der Waals surface area contributed by atoms with Gasteiger partial charge in [0.1, 0.15) is 24.1 Å².